The fourth-order valence-electron chi connectivity index (χ4n) is 2.73. The molecule has 0 saturated carbocycles. The lowest BCUT2D eigenvalue weighted by Crippen LogP contribution is -2.56. The summed E-state index contributed by atoms with van der Waals surface area (Å²) in [5.74, 6) is 0.490. The highest BCUT2D eigenvalue weighted by Crippen LogP contribution is 2.45. The first-order chi connectivity index (χ1) is 12.2. The molecule has 0 aliphatic carbocycles. The van der Waals surface area contributed by atoms with E-state index in [4.69, 9.17) is 16.3 Å². The number of hydrogen-bond acceptors (Lipinski definition) is 7. The summed E-state index contributed by atoms with van der Waals surface area (Å²) in [6, 6.07) is 7.17. The number of carbonyl (C=O) groups excluding carboxylic acids is 1. The molecule has 0 bridgehead atoms. The fourth-order valence-corrected chi connectivity index (χ4v) is 3.96. The lowest BCUT2D eigenvalue weighted by atomic mass is 9.93. The minimum absolute atomic E-state index is 0.193. The summed E-state index contributed by atoms with van der Waals surface area (Å²) in [5, 5.41) is 12.9. The van der Waals surface area contributed by atoms with Crippen LogP contribution in [0.25, 0.3) is 0 Å². The number of benzene rings is 1. The summed E-state index contributed by atoms with van der Waals surface area (Å²) in [6.45, 7) is 0.448. The molecule has 0 radical (unpaired) electrons. The Kier molecular flexibility index (Phi) is 4.10. The fraction of sp³-hybridized carbons (Fsp3) is 0.267. The van der Waals surface area contributed by atoms with Gasteiger partial charge in [0.05, 0.1) is 19.7 Å². The second kappa shape index (κ2) is 6.41. The van der Waals surface area contributed by atoms with Crippen LogP contribution in [-0.4, -0.2) is 43.4 Å². The first kappa shape index (κ1) is 16.0. The van der Waals surface area contributed by atoms with Gasteiger partial charge in [-0.25, -0.2) is 9.67 Å². The summed E-state index contributed by atoms with van der Waals surface area (Å²) < 4.78 is 7.04. The van der Waals surface area contributed by atoms with Gasteiger partial charge in [0.2, 0.25) is 11.0 Å². The number of alkyl halides is 1. The number of amides is 1. The highest BCUT2D eigenvalue weighted by atomic mass is 35.5. The van der Waals surface area contributed by atoms with Crippen molar-refractivity contribution in [2.24, 2.45) is 0 Å². The standard InChI is InChI=1S/C15H13ClN6O2S/c1-24-10-5-3-2-4-9(10)13-12(16)14(23)22(13)15-20-19-11(25-15)6-21-8-17-7-18-21/h2-5,7-8,12-13H,6H2,1H3. The number of β-lactam (4-membered cyclic amide) rings is 1. The minimum Gasteiger partial charge on any atom is -0.496 e. The van der Waals surface area contributed by atoms with Crippen molar-refractivity contribution >= 4 is 34.0 Å². The number of methoxy groups -OCH3 is 1. The van der Waals surface area contributed by atoms with Gasteiger partial charge in [-0.2, -0.15) is 5.10 Å². The maximum atomic E-state index is 12.3. The SMILES string of the molecule is COc1ccccc1C1C(Cl)C(=O)N1c1nnc(Cn2cncn2)s1. The monoisotopic (exact) mass is 376 g/mol. The smallest absolute Gasteiger partial charge is 0.250 e. The van der Waals surface area contributed by atoms with Crippen LogP contribution >= 0.6 is 22.9 Å². The van der Waals surface area contributed by atoms with Crippen molar-refractivity contribution < 1.29 is 9.53 Å². The van der Waals surface area contributed by atoms with Crippen LogP contribution in [0.4, 0.5) is 5.13 Å². The Balaban J connectivity index is 1.62. The maximum absolute atomic E-state index is 12.3. The predicted octanol–water partition coefficient (Wildman–Crippen LogP) is 1.88. The number of carbonyl (C=O) groups is 1. The van der Waals surface area contributed by atoms with Crippen molar-refractivity contribution in [3.05, 3.63) is 47.5 Å². The van der Waals surface area contributed by atoms with Crippen molar-refractivity contribution in [3.8, 4) is 5.75 Å². The van der Waals surface area contributed by atoms with E-state index in [1.165, 1.54) is 17.7 Å². The van der Waals surface area contributed by atoms with Crippen LogP contribution in [0.2, 0.25) is 0 Å². The molecule has 1 amide bonds. The van der Waals surface area contributed by atoms with E-state index in [-0.39, 0.29) is 11.9 Å². The Morgan fingerprint density at radius 1 is 1.32 bits per heavy atom. The topological polar surface area (TPSA) is 86.0 Å². The molecule has 8 nitrogen and oxygen atoms in total. The highest BCUT2D eigenvalue weighted by Gasteiger charge is 2.50. The molecule has 1 fully saturated rings. The van der Waals surface area contributed by atoms with Crippen LogP contribution in [0.5, 0.6) is 5.75 Å². The van der Waals surface area contributed by atoms with Crippen LogP contribution in [0, 0.1) is 0 Å². The van der Waals surface area contributed by atoms with Crippen molar-refractivity contribution in [2.75, 3.05) is 12.0 Å². The molecular weight excluding hydrogens is 364 g/mol. The molecule has 3 aromatic rings. The summed E-state index contributed by atoms with van der Waals surface area (Å²) >= 11 is 7.61. The molecule has 1 aliphatic heterocycles. The zero-order valence-electron chi connectivity index (χ0n) is 13.1. The number of para-hydroxylation sites is 1. The van der Waals surface area contributed by atoms with Gasteiger partial charge >= 0.3 is 0 Å². The Bertz CT molecular complexity index is 899. The second-order valence-corrected chi connectivity index (χ2v) is 6.88. The van der Waals surface area contributed by atoms with Crippen LogP contribution in [0.15, 0.2) is 36.9 Å². The molecule has 1 aliphatic rings. The molecule has 128 valence electrons. The third-order valence-electron chi connectivity index (χ3n) is 3.91. The average Bonchev–Trinajstić information content (AvgIpc) is 3.31. The largest absolute Gasteiger partial charge is 0.496 e. The number of hydrogen-bond donors (Lipinski definition) is 0. The minimum atomic E-state index is -0.654. The van der Waals surface area contributed by atoms with E-state index < -0.39 is 5.38 Å². The molecule has 0 N–H and O–H groups in total. The van der Waals surface area contributed by atoms with Crippen molar-refractivity contribution in [1.29, 1.82) is 0 Å². The Morgan fingerprint density at radius 2 is 2.16 bits per heavy atom. The molecule has 1 saturated heterocycles. The number of aromatic nitrogens is 5. The van der Waals surface area contributed by atoms with E-state index in [2.05, 4.69) is 20.3 Å². The molecule has 2 aromatic heterocycles. The molecule has 25 heavy (non-hydrogen) atoms. The van der Waals surface area contributed by atoms with Crippen molar-refractivity contribution in [3.63, 3.8) is 0 Å². The molecule has 10 heteroatoms. The number of ether oxygens (including phenoxy) is 1. The van der Waals surface area contributed by atoms with Gasteiger partial charge in [0, 0.05) is 5.56 Å². The lowest BCUT2D eigenvalue weighted by molar-refractivity contribution is -0.123. The first-order valence-corrected chi connectivity index (χ1v) is 8.69. The Hall–Kier alpha value is -2.52. The van der Waals surface area contributed by atoms with E-state index in [0.29, 0.717) is 17.4 Å². The van der Waals surface area contributed by atoms with E-state index in [1.54, 1.807) is 23.0 Å². The van der Waals surface area contributed by atoms with E-state index in [0.717, 1.165) is 10.6 Å². The molecule has 3 heterocycles. The Morgan fingerprint density at radius 3 is 2.92 bits per heavy atom. The maximum Gasteiger partial charge on any atom is 0.250 e. The third kappa shape index (κ3) is 2.75. The van der Waals surface area contributed by atoms with Crippen LogP contribution < -0.4 is 9.64 Å². The quantitative estimate of drug-likeness (QED) is 0.499. The third-order valence-corrected chi connectivity index (χ3v) is 5.25. The molecule has 2 atom stereocenters. The number of nitrogens with zero attached hydrogens (tertiary/aromatic N) is 6. The highest BCUT2D eigenvalue weighted by molar-refractivity contribution is 7.15. The van der Waals surface area contributed by atoms with Gasteiger partial charge in [0.25, 0.3) is 0 Å². The van der Waals surface area contributed by atoms with Gasteiger partial charge in [0.15, 0.2) is 0 Å². The van der Waals surface area contributed by atoms with Gasteiger partial charge < -0.3 is 4.74 Å². The van der Waals surface area contributed by atoms with Gasteiger partial charge in [0.1, 0.15) is 28.8 Å². The first-order valence-electron chi connectivity index (χ1n) is 7.44. The average molecular weight is 377 g/mol. The summed E-state index contributed by atoms with van der Waals surface area (Å²) in [4.78, 5) is 17.8. The van der Waals surface area contributed by atoms with Crippen molar-refractivity contribution in [2.45, 2.75) is 18.0 Å². The Labute approximate surface area is 152 Å². The lowest BCUT2D eigenvalue weighted by Gasteiger charge is -2.42. The van der Waals surface area contributed by atoms with Gasteiger partial charge in [-0.15, -0.1) is 21.8 Å². The van der Waals surface area contributed by atoms with Gasteiger partial charge in [-0.05, 0) is 6.07 Å². The zero-order valence-corrected chi connectivity index (χ0v) is 14.7. The van der Waals surface area contributed by atoms with E-state index in [1.807, 2.05) is 24.3 Å². The van der Waals surface area contributed by atoms with Crippen LogP contribution in [0.3, 0.4) is 0 Å². The normalized spacial score (nSPS) is 19.8. The number of anilines is 1. The van der Waals surface area contributed by atoms with Crippen LogP contribution in [0.1, 0.15) is 16.6 Å². The van der Waals surface area contributed by atoms with Gasteiger partial charge in [-0.3, -0.25) is 9.69 Å². The van der Waals surface area contributed by atoms with Gasteiger partial charge in [-0.1, -0.05) is 29.5 Å². The van der Waals surface area contributed by atoms with E-state index >= 15 is 0 Å². The molecule has 1 aromatic carbocycles. The van der Waals surface area contributed by atoms with Crippen LogP contribution in [-0.2, 0) is 11.3 Å². The van der Waals surface area contributed by atoms with E-state index in [9.17, 15) is 4.79 Å². The number of halogens is 1. The second-order valence-electron chi connectivity index (χ2n) is 5.37. The molecule has 0 spiro atoms. The molecule has 4 rings (SSSR count). The molecule has 2 unspecified atom stereocenters. The number of rotatable bonds is 5. The predicted molar refractivity (Wildman–Crippen MR) is 91.9 cm³/mol. The van der Waals surface area contributed by atoms with Crippen molar-refractivity contribution in [1.82, 2.24) is 25.0 Å². The summed E-state index contributed by atoms with van der Waals surface area (Å²) in [7, 11) is 1.59. The molecular formula is C15H13ClN6O2S. The summed E-state index contributed by atoms with van der Waals surface area (Å²) in [5.41, 5.74) is 0.845. The zero-order chi connectivity index (χ0) is 17.4. The summed E-state index contributed by atoms with van der Waals surface area (Å²) in [6.07, 6.45) is 3.05.